The average Bonchev–Trinajstić information content (AvgIpc) is 2.39. The van der Waals surface area contributed by atoms with Crippen LogP contribution in [0.1, 0.15) is 11.1 Å². The molecule has 78 valence electrons. The van der Waals surface area contributed by atoms with Gasteiger partial charge in [-0.3, -0.25) is 4.79 Å². The number of carbonyl (C=O) groups is 1. The molecule has 0 radical (unpaired) electrons. The minimum absolute atomic E-state index is 0.0326. The van der Waals surface area contributed by atoms with Crippen molar-refractivity contribution in [1.82, 2.24) is 4.90 Å². The maximum atomic E-state index is 11.4. The first-order chi connectivity index (χ1) is 7.20. The van der Waals surface area contributed by atoms with Gasteiger partial charge in [0.25, 0.3) is 0 Å². The van der Waals surface area contributed by atoms with E-state index in [1.54, 1.807) is 25.1 Å². The predicted octanol–water partition coefficient (Wildman–Crippen LogP) is 1.68. The number of methoxy groups -OCH3 is 1. The van der Waals surface area contributed by atoms with Crippen LogP contribution in [0, 0.1) is 0 Å². The van der Waals surface area contributed by atoms with Gasteiger partial charge in [0.15, 0.2) is 0 Å². The Hall–Kier alpha value is -1.77. The summed E-state index contributed by atoms with van der Waals surface area (Å²) < 4.78 is 5.16. The summed E-state index contributed by atoms with van der Waals surface area (Å²) in [7, 11) is 3.43. The van der Waals surface area contributed by atoms with Crippen LogP contribution >= 0.6 is 0 Å². The molecule has 0 aromatic heterocycles. The molecule has 1 aliphatic heterocycles. The summed E-state index contributed by atoms with van der Waals surface area (Å²) in [6, 6.07) is 5.84. The second kappa shape index (κ2) is 3.77. The van der Waals surface area contributed by atoms with Crippen LogP contribution in [0.25, 0.3) is 6.08 Å². The van der Waals surface area contributed by atoms with E-state index in [1.165, 1.54) is 0 Å². The van der Waals surface area contributed by atoms with Crippen LogP contribution in [0.4, 0.5) is 0 Å². The fourth-order valence-electron chi connectivity index (χ4n) is 1.63. The maximum Gasteiger partial charge on any atom is 0.246 e. The normalized spacial score (nSPS) is 14.8. The van der Waals surface area contributed by atoms with Gasteiger partial charge < -0.3 is 9.64 Å². The summed E-state index contributed by atoms with van der Waals surface area (Å²) >= 11 is 0. The Balaban J connectivity index is 2.43. The van der Waals surface area contributed by atoms with Gasteiger partial charge in [-0.25, -0.2) is 0 Å². The fraction of sp³-hybridized carbons (Fsp3) is 0.250. The molecule has 0 atom stereocenters. The molecule has 0 aliphatic carbocycles. The standard InChI is InChI=1S/C12H13NO2/c1-13-8-10-7-11(15-2)5-3-9(10)4-6-12(13)14/h3-7H,8H2,1-2H3. The molecule has 0 bridgehead atoms. The highest BCUT2D eigenvalue weighted by Gasteiger charge is 2.12. The third kappa shape index (κ3) is 1.86. The van der Waals surface area contributed by atoms with Crippen molar-refractivity contribution in [2.24, 2.45) is 0 Å². The van der Waals surface area contributed by atoms with Crippen molar-refractivity contribution in [3.8, 4) is 5.75 Å². The first kappa shape index (κ1) is 9.77. The zero-order chi connectivity index (χ0) is 10.8. The smallest absolute Gasteiger partial charge is 0.246 e. The number of hydrogen-bond donors (Lipinski definition) is 0. The lowest BCUT2D eigenvalue weighted by Crippen LogP contribution is -2.23. The number of likely N-dealkylation sites (N-methyl/N-ethyl adjacent to an activating group) is 1. The molecule has 0 fully saturated rings. The number of ether oxygens (including phenoxy) is 1. The highest BCUT2D eigenvalue weighted by atomic mass is 16.5. The van der Waals surface area contributed by atoms with Crippen LogP contribution in [0.3, 0.4) is 0 Å². The molecule has 0 saturated heterocycles. The third-order valence-electron chi connectivity index (χ3n) is 2.54. The van der Waals surface area contributed by atoms with Gasteiger partial charge in [0, 0.05) is 19.7 Å². The van der Waals surface area contributed by atoms with Crippen molar-refractivity contribution in [1.29, 1.82) is 0 Å². The van der Waals surface area contributed by atoms with Crippen molar-refractivity contribution in [3.05, 3.63) is 35.4 Å². The molecule has 3 nitrogen and oxygen atoms in total. The number of fused-ring (bicyclic) bond motifs is 1. The fourth-order valence-corrected chi connectivity index (χ4v) is 1.63. The average molecular weight is 203 g/mol. The number of benzene rings is 1. The van der Waals surface area contributed by atoms with Gasteiger partial charge in [-0.1, -0.05) is 6.07 Å². The van der Waals surface area contributed by atoms with Crippen molar-refractivity contribution in [3.63, 3.8) is 0 Å². The summed E-state index contributed by atoms with van der Waals surface area (Å²) in [4.78, 5) is 13.1. The van der Waals surface area contributed by atoms with E-state index in [2.05, 4.69) is 0 Å². The van der Waals surface area contributed by atoms with E-state index in [9.17, 15) is 4.79 Å². The lowest BCUT2D eigenvalue weighted by molar-refractivity contribution is -0.125. The van der Waals surface area contributed by atoms with E-state index in [-0.39, 0.29) is 5.91 Å². The number of nitrogens with zero attached hydrogens (tertiary/aromatic N) is 1. The zero-order valence-electron chi connectivity index (χ0n) is 8.86. The van der Waals surface area contributed by atoms with Crippen LogP contribution in [0.5, 0.6) is 5.75 Å². The number of rotatable bonds is 1. The summed E-state index contributed by atoms with van der Waals surface area (Å²) in [6.45, 7) is 0.623. The molecule has 1 aromatic rings. The van der Waals surface area contributed by atoms with E-state index < -0.39 is 0 Å². The SMILES string of the molecule is COc1ccc2c(c1)CN(C)C(=O)C=C2. The van der Waals surface area contributed by atoms with Gasteiger partial charge in [0.05, 0.1) is 7.11 Å². The van der Waals surface area contributed by atoms with Gasteiger partial charge in [-0.15, -0.1) is 0 Å². The van der Waals surface area contributed by atoms with E-state index in [0.717, 1.165) is 16.9 Å². The Kier molecular flexibility index (Phi) is 2.46. The summed E-state index contributed by atoms with van der Waals surface area (Å²) in [5.74, 6) is 0.857. The van der Waals surface area contributed by atoms with E-state index in [1.807, 2.05) is 24.3 Å². The Morgan fingerprint density at radius 3 is 2.87 bits per heavy atom. The lowest BCUT2D eigenvalue weighted by Gasteiger charge is -2.14. The lowest BCUT2D eigenvalue weighted by atomic mass is 10.1. The van der Waals surface area contributed by atoms with Gasteiger partial charge >= 0.3 is 0 Å². The Morgan fingerprint density at radius 1 is 1.33 bits per heavy atom. The van der Waals surface area contributed by atoms with Crippen LogP contribution < -0.4 is 4.74 Å². The second-order valence-electron chi connectivity index (χ2n) is 3.59. The molecule has 0 spiro atoms. The monoisotopic (exact) mass is 203 g/mol. The first-order valence-corrected chi connectivity index (χ1v) is 4.81. The molecule has 1 heterocycles. The molecule has 0 unspecified atom stereocenters. The van der Waals surface area contributed by atoms with E-state index in [4.69, 9.17) is 4.74 Å². The van der Waals surface area contributed by atoms with Crippen molar-refractivity contribution < 1.29 is 9.53 Å². The van der Waals surface area contributed by atoms with Gasteiger partial charge in [-0.2, -0.15) is 0 Å². The molecular formula is C12H13NO2. The van der Waals surface area contributed by atoms with Crippen molar-refractivity contribution in [2.45, 2.75) is 6.54 Å². The molecule has 0 N–H and O–H groups in total. The Morgan fingerprint density at radius 2 is 2.13 bits per heavy atom. The molecule has 1 aliphatic rings. The molecule has 0 saturated carbocycles. The van der Waals surface area contributed by atoms with Crippen LogP contribution in [0.15, 0.2) is 24.3 Å². The van der Waals surface area contributed by atoms with Crippen LogP contribution in [-0.2, 0) is 11.3 Å². The Bertz CT molecular complexity index is 424. The number of carbonyl (C=O) groups excluding carboxylic acids is 1. The summed E-state index contributed by atoms with van der Waals surface area (Å²) in [5, 5.41) is 0. The highest BCUT2D eigenvalue weighted by Crippen LogP contribution is 2.22. The van der Waals surface area contributed by atoms with Crippen LogP contribution in [-0.4, -0.2) is 25.0 Å². The second-order valence-corrected chi connectivity index (χ2v) is 3.59. The van der Waals surface area contributed by atoms with E-state index in [0.29, 0.717) is 6.54 Å². The molecule has 1 amide bonds. The van der Waals surface area contributed by atoms with Crippen molar-refractivity contribution in [2.75, 3.05) is 14.2 Å². The molecule has 2 rings (SSSR count). The van der Waals surface area contributed by atoms with E-state index >= 15 is 0 Å². The molecular weight excluding hydrogens is 190 g/mol. The topological polar surface area (TPSA) is 29.5 Å². The predicted molar refractivity (Wildman–Crippen MR) is 58.5 cm³/mol. The van der Waals surface area contributed by atoms with Gasteiger partial charge in [0.1, 0.15) is 5.75 Å². The first-order valence-electron chi connectivity index (χ1n) is 4.81. The van der Waals surface area contributed by atoms with Gasteiger partial charge in [-0.05, 0) is 29.3 Å². The summed E-state index contributed by atoms with van der Waals surface area (Å²) in [5.41, 5.74) is 2.19. The zero-order valence-corrected chi connectivity index (χ0v) is 8.86. The molecule has 1 aromatic carbocycles. The summed E-state index contributed by atoms with van der Waals surface area (Å²) in [6.07, 6.45) is 3.44. The molecule has 3 heteroatoms. The number of amides is 1. The highest BCUT2D eigenvalue weighted by molar-refractivity contribution is 5.92. The van der Waals surface area contributed by atoms with Crippen LogP contribution in [0.2, 0.25) is 0 Å². The maximum absolute atomic E-state index is 11.4. The van der Waals surface area contributed by atoms with Crippen molar-refractivity contribution >= 4 is 12.0 Å². The minimum Gasteiger partial charge on any atom is -0.497 e. The van der Waals surface area contributed by atoms with Gasteiger partial charge in [0.2, 0.25) is 5.91 Å². The molecule has 15 heavy (non-hydrogen) atoms. The Labute approximate surface area is 89.0 Å². The quantitative estimate of drug-likeness (QED) is 0.695. The minimum atomic E-state index is 0.0326. The third-order valence-corrected chi connectivity index (χ3v) is 2.54. The number of hydrogen-bond acceptors (Lipinski definition) is 2. The largest absolute Gasteiger partial charge is 0.497 e.